The Balaban J connectivity index is 1.79. The number of halogens is 1. The van der Waals surface area contributed by atoms with Crippen LogP contribution in [0.2, 0.25) is 0 Å². The molecule has 0 heterocycles. The van der Waals surface area contributed by atoms with Crippen LogP contribution in [0.4, 0.5) is 5.69 Å². The Morgan fingerprint density at radius 2 is 1.65 bits per heavy atom. The molecule has 0 saturated heterocycles. The maximum atomic E-state index is 12.4. The molecule has 3 nitrogen and oxygen atoms in total. The number of carbonyl (C=O) groups excluding carboxylic acids is 1. The average Bonchev–Trinajstić information content (AvgIpc) is 2.60. The zero-order valence-corrected chi connectivity index (χ0v) is 14.2. The summed E-state index contributed by atoms with van der Waals surface area (Å²) < 4.78 is 0.244. The van der Waals surface area contributed by atoms with Crippen molar-refractivity contribution >= 4 is 42.8 Å². The molecule has 0 spiro atoms. The number of hydrogen-bond acceptors (Lipinski definition) is 3. The predicted molar refractivity (Wildman–Crippen MR) is 99.4 cm³/mol. The van der Waals surface area contributed by atoms with E-state index in [1.165, 1.54) is 5.56 Å². The van der Waals surface area contributed by atoms with Gasteiger partial charge in [0.15, 0.2) is 4.62 Å². The van der Waals surface area contributed by atoms with Crippen LogP contribution < -0.4 is 5.43 Å². The monoisotopic (exact) mass is 366 g/mol. The van der Waals surface area contributed by atoms with Crippen LogP contribution in [0.5, 0.6) is 0 Å². The predicted octanol–water partition coefficient (Wildman–Crippen LogP) is 5.15. The summed E-state index contributed by atoms with van der Waals surface area (Å²) in [6.45, 7) is 2.02. The van der Waals surface area contributed by atoms with Crippen molar-refractivity contribution in [1.82, 2.24) is 0 Å². The quantitative estimate of drug-likeness (QED) is 0.394. The zero-order valence-electron chi connectivity index (χ0n) is 12.6. The van der Waals surface area contributed by atoms with Crippen LogP contribution >= 0.6 is 15.9 Å². The van der Waals surface area contributed by atoms with Gasteiger partial charge < -0.3 is 0 Å². The van der Waals surface area contributed by atoms with E-state index in [1.807, 2.05) is 73.7 Å². The first-order valence-electron chi connectivity index (χ1n) is 7.23. The molecule has 0 aliphatic rings. The summed E-state index contributed by atoms with van der Waals surface area (Å²) in [7, 11) is 0. The molecule has 0 atom stereocenters. The maximum absolute atomic E-state index is 12.4. The van der Waals surface area contributed by atoms with E-state index in [4.69, 9.17) is 0 Å². The van der Waals surface area contributed by atoms with Crippen molar-refractivity contribution in [3.63, 3.8) is 0 Å². The van der Waals surface area contributed by atoms with E-state index in [-0.39, 0.29) is 10.4 Å². The number of anilines is 1. The van der Waals surface area contributed by atoms with Crippen LogP contribution in [-0.4, -0.2) is 10.4 Å². The lowest BCUT2D eigenvalue weighted by Gasteiger charge is -2.04. The number of benzene rings is 3. The van der Waals surface area contributed by atoms with Gasteiger partial charge in [-0.15, -0.1) is 0 Å². The van der Waals surface area contributed by atoms with Crippen LogP contribution in [-0.2, 0) is 0 Å². The van der Waals surface area contributed by atoms with E-state index in [9.17, 15) is 4.79 Å². The van der Waals surface area contributed by atoms with Gasteiger partial charge in [-0.2, -0.15) is 5.10 Å². The lowest BCUT2D eigenvalue weighted by Crippen LogP contribution is -2.09. The number of rotatable bonds is 4. The van der Waals surface area contributed by atoms with Crippen molar-refractivity contribution in [2.45, 2.75) is 6.92 Å². The first kappa shape index (κ1) is 15.4. The second kappa shape index (κ2) is 6.75. The minimum atomic E-state index is -0.157. The van der Waals surface area contributed by atoms with E-state index in [1.54, 1.807) is 0 Å². The summed E-state index contributed by atoms with van der Waals surface area (Å²) in [5.41, 5.74) is 5.49. The third-order valence-corrected chi connectivity index (χ3v) is 4.07. The third kappa shape index (κ3) is 3.66. The molecule has 3 aromatic rings. The SMILES string of the molecule is Cc1ccc(N/N=C(\Br)C(=O)c2ccc3ccccc3c2)cc1. The Labute approximate surface area is 143 Å². The Bertz CT molecular complexity index is 885. The molecule has 0 saturated carbocycles. The van der Waals surface area contributed by atoms with Crippen molar-refractivity contribution in [2.75, 3.05) is 5.43 Å². The molecule has 23 heavy (non-hydrogen) atoms. The zero-order chi connectivity index (χ0) is 16.2. The highest BCUT2D eigenvalue weighted by molar-refractivity contribution is 9.19. The normalized spacial score (nSPS) is 11.5. The number of nitrogens with one attached hydrogen (secondary N) is 1. The number of carbonyl (C=O) groups is 1. The third-order valence-electron chi connectivity index (χ3n) is 3.53. The standard InChI is InChI=1S/C19H15BrN2O/c1-13-6-10-17(11-7-13)21-22-19(20)18(23)16-9-8-14-4-2-3-5-15(14)12-16/h2-12,21H,1H3/b22-19-. The van der Waals surface area contributed by atoms with Gasteiger partial charge >= 0.3 is 0 Å². The van der Waals surface area contributed by atoms with Crippen molar-refractivity contribution in [2.24, 2.45) is 5.10 Å². The molecule has 0 fully saturated rings. The Morgan fingerprint density at radius 1 is 0.957 bits per heavy atom. The van der Waals surface area contributed by atoms with E-state index in [0.717, 1.165) is 16.5 Å². The van der Waals surface area contributed by atoms with E-state index < -0.39 is 0 Å². The number of ketones is 1. The van der Waals surface area contributed by atoms with Crippen molar-refractivity contribution in [3.8, 4) is 0 Å². The summed E-state index contributed by atoms with van der Waals surface area (Å²) in [4.78, 5) is 12.4. The fraction of sp³-hybridized carbons (Fsp3) is 0.0526. The first-order valence-corrected chi connectivity index (χ1v) is 8.02. The molecule has 0 bridgehead atoms. The van der Waals surface area contributed by atoms with Gasteiger partial charge in [0.05, 0.1) is 5.69 Å². The van der Waals surface area contributed by atoms with Gasteiger partial charge in [0.1, 0.15) is 0 Å². The number of fused-ring (bicyclic) bond motifs is 1. The van der Waals surface area contributed by atoms with E-state index >= 15 is 0 Å². The van der Waals surface area contributed by atoms with E-state index in [2.05, 4.69) is 26.5 Å². The molecule has 0 aromatic heterocycles. The Hall–Kier alpha value is -2.46. The highest BCUT2D eigenvalue weighted by Crippen LogP contribution is 2.17. The first-order chi connectivity index (χ1) is 11.1. The molecule has 0 radical (unpaired) electrons. The molecule has 114 valence electrons. The molecule has 1 N–H and O–H groups in total. The summed E-state index contributed by atoms with van der Waals surface area (Å²) in [6, 6.07) is 21.4. The number of aryl methyl sites for hydroxylation is 1. The molecule has 0 aliphatic carbocycles. The summed E-state index contributed by atoms with van der Waals surface area (Å²) in [6.07, 6.45) is 0. The Kier molecular flexibility index (Phi) is 4.53. The van der Waals surface area contributed by atoms with Crippen LogP contribution in [0, 0.1) is 6.92 Å². The second-order valence-electron chi connectivity index (χ2n) is 5.27. The summed E-state index contributed by atoms with van der Waals surface area (Å²) >= 11 is 3.25. The van der Waals surface area contributed by atoms with Crippen LogP contribution in [0.25, 0.3) is 10.8 Å². The van der Waals surface area contributed by atoms with Gasteiger partial charge in [0, 0.05) is 5.56 Å². The fourth-order valence-electron chi connectivity index (χ4n) is 2.24. The molecule has 4 heteroatoms. The minimum absolute atomic E-state index is 0.157. The maximum Gasteiger partial charge on any atom is 0.220 e. The molecule has 0 amide bonds. The van der Waals surface area contributed by atoms with Gasteiger partial charge in [-0.25, -0.2) is 0 Å². The van der Waals surface area contributed by atoms with Gasteiger partial charge in [-0.1, -0.05) is 54.1 Å². The van der Waals surface area contributed by atoms with Gasteiger partial charge in [0.2, 0.25) is 5.78 Å². The highest BCUT2D eigenvalue weighted by Gasteiger charge is 2.12. The minimum Gasteiger partial charge on any atom is -0.286 e. The van der Waals surface area contributed by atoms with Crippen LogP contribution in [0.3, 0.4) is 0 Å². The molecule has 3 aromatic carbocycles. The fourth-order valence-corrected chi connectivity index (χ4v) is 2.56. The van der Waals surface area contributed by atoms with Crippen molar-refractivity contribution in [3.05, 3.63) is 77.9 Å². The topological polar surface area (TPSA) is 41.5 Å². The molecular formula is C19H15BrN2O. The lowest BCUT2D eigenvalue weighted by atomic mass is 10.1. The average molecular weight is 367 g/mol. The van der Waals surface area contributed by atoms with Gasteiger partial charge in [-0.3, -0.25) is 10.2 Å². The van der Waals surface area contributed by atoms with Crippen LogP contribution in [0.1, 0.15) is 15.9 Å². The second-order valence-corrected chi connectivity index (χ2v) is 6.02. The number of hydrazone groups is 1. The van der Waals surface area contributed by atoms with Crippen molar-refractivity contribution in [1.29, 1.82) is 0 Å². The lowest BCUT2D eigenvalue weighted by molar-refractivity contribution is 0.106. The highest BCUT2D eigenvalue weighted by atomic mass is 79.9. The molecule has 3 rings (SSSR count). The van der Waals surface area contributed by atoms with E-state index in [0.29, 0.717) is 5.56 Å². The summed E-state index contributed by atoms with van der Waals surface area (Å²) in [5.74, 6) is -0.157. The number of Topliss-reactive ketones (excluding diaryl/α,β-unsaturated/α-hetero) is 1. The number of hydrogen-bond donors (Lipinski definition) is 1. The van der Waals surface area contributed by atoms with Crippen LogP contribution in [0.15, 0.2) is 71.8 Å². The smallest absolute Gasteiger partial charge is 0.220 e. The van der Waals surface area contributed by atoms with Gasteiger partial charge in [0.25, 0.3) is 0 Å². The molecule has 0 aliphatic heterocycles. The van der Waals surface area contributed by atoms with Crippen molar-refractivity contribution < 1.29 is 4.79 Å². The largest absolute Gasteiger partial charge is 0.286 e. The summed E-state index contributed by atoms with van der Waals surface area (Å²) in [5, 5.41) is 6.25. The number of nitrogens with zero attached hydrogens (tertiary/aromatic N) is 1. The van der Waals surface area contributed by atoms with Gasteiger partial charge in [-0.05, 0) is 51.8 Å². The molecular weight excluding hydrogens is 352 g/mol. The molecule has 0 unspecified atom stereocenters. The Morgan fingerprint density at radius 3 is 2.39 bits per heavy atom.